The lowest BCUT2D eigenvalue weighted by atomic mass is 9.73. The summed E-state index contributed by atoms with van der Waals surface area (Å²) in [5.41, 5.74) is 1.43. The predicted octanol–water partition coefficient (Wildman–Crippen LogP) is 3.58. The highest BCUT2D eigenvalue weighted by atomic mass is 79.9. The van der Waals surface area contributed by atoms with Gasteiger partial charge >= 0.3 is 0 Å². The van der Waals surface area contributed by atoms with E-state index in [-0.39, 0.29) is 17.0 Å². The summed E-state index contributed by atoms with van der Waals surface area (Å²) in [4.78, 5) is 7.19. The molecule has 3 atom stereocenters. The largest absolute Gasteiger partial charge is 0.487 e. The van der Waals surface area contributed by atoms with Gasteiger partial charge in [-0.05, 0) is 57.3 Å². The quantitative estimate of drug-likeness (QED) is 0.560. The molecule has 6 heteroatoms. The maximum absolute atomic E-state index is 6.29. The number of aromatic nitrogens is 1. The van der Waals surface area contributed by atoms with E-state index in [4.69, 9.17) is 4.74 Å². The Morgan fingerprint density at radius 3 is 3.05 bits per heavy atom. The molecule has 1 aromatic rings. The van der Waals surface area contributed by atoms with Crippen LogP contribution in [0.25, 0.3) is 0 Å². The number of rotatable bonds is 0. The van der Waals surface area contributed by atoms with Crippen molar-refractivity contribution in [1.82, 2.24) is 9.88 Å². The predicted molar refractivity (Wildman–Crippen MR) is 86.2 cm³/mol. The van der Waals surface area contributed by atoms with Gasteiger partial charge in [0.1, 0.15) is 10.7 Å². The van der Waals surface area contributed by atoms with Gasteiger partial charge in [-0.1, -0.05) is 0 Å². The normalized spacial score (nSPS) is 34.8. The van der Waals surface area contributed by atoms with Crippen LogP contribution in [0.3, 0.4) is 0 Å². The Balaban J connectivity index is 0.00000110. The molecule has 0 N–H and O–H groups in total. The van der Waals surface area contributed by atoms with Gasteiger partial charge < -0.3 is 9.64 Å². The highest BCUT2D eigenvalue weighted by molar-refractivity contribution is 9.11. The molecule has 104 valence electrons. The summed E-state index contributed by atoms with van der Waals surface area (Å²) in [5.74, 6) is 0.967. The Morgan fingerprint density at radius 2 is 2.21 bits per heavy atom. The first-order valence-corrected chi connectivity index (χ1v) is 7.99. The van der Waals surface area contributed by atoms with Crippen LogP contribution < -0.4 is 4.74 Å². The SMILES string of the molecule is Br.Brc1cc(Br)c2c(n1)C[C@@]13CC[N@](CCC1O2)C3. The molecule has 1 aromatic heterocycles. The topological polar surface area (TPSA) is 25.4 Å². The number of fused-ring (bicyclic) bond motifs is 2. The van der Waals surface area contributed by atoms with E-state index in [1.165, 1.54) is 26.1 Å². The maximum atomic E-state index is 6.29. The molecule has 2 saturated heterocycles. The molecular weight excluding hydrogens is 440 g/mol. The number of piperidine rings is 1. The van der Waals surface area contributed by atoms with Crippen LogP contribution in [0.15, 0.2) is 15.1 Å². The Hall–Kier alpha value is 0.350. The minimum atomic E-state index is 0. The van der Waals surface area contributed by atoms with E-state index in [1.807, 2.05) is 6.07 Å². The fourth-order valence-corrected chi connectivity index (χ4v) is 5.02. The molecular formula is C13H15Br3N2O. The zero-order valence-electron chi connectivity index (χ0n) is 10.4. The van der Waals surface area contributed by atoms with E-state index >= 15 is 0 Å². The van der Waals surface area contributed by atoms with Gasteiger partial charge in [0, 0.05) is 24.9 Å². The Kier molecular flexibility index (Phi) is 3.74. The van der Waals surface area contributed by atoms with Crippen LogP contribution in [0.5, 0.6) is 5.75 Å². The van der Waals surface area contributed by atoms with Crippen LogP contribution in [-0.4, -0.2) is 35.6 Å². The summed E-state index contributed by atoms with van der Waals surface area (Å²) in [6, 6.07) is 1.97. The third-order valence-corrected chi connectivity index (χ3v) is 5.60. The van der Waals surface area contributed by atoms with Crippen LogP contribution >= 0.6 is 48.8 Å². The molecule has 1 unspecified atom stereocenters. The Morgan fingerprint density at radius 1 is 1.37 bits per heavy atom. The fourth-order valence-electron chi connectivity index (χ4n) is 3.73. The van der Waals surface area contributed by atoms with Crippen molar-refractivity contribution >= 4 is 48.8 Å². The van der Waals surface area contributed by atoms with Gasteiger partial charge in [0.25, 0.3) is 0 Å². The molecule has 4 rings (SSSR count). The molecule has 2 fully saturated rings. The summed E-state index contributed by atoms with van der Waals surface area (Å²) in [5, 5.41) is 0. The third-order valence-electron chi connectivity index (χ3n) is 4.60. The van der Waals surface area contributed by atoms with Crippen LogP contribution in [-0.2, 0) is 6.42 Å². The van der Waals surface area contributed by atoms with Crippen LogP contribution in [0.4, 0.5) is 0 Å². The molecule has 0 radical (unpaired) electrons. The minimum Gasteiger partial charge on any atom is -0.487 e. The van der Waals surface area contributed by atoms with Crippen LogP contribution in [0.2, 0.25) is 0 Å². The lowest BCUT2D eigenvalue weighted by Gasteiger charge is -2.45. The van der Waals surface area contributed by atoms with Gasteiger partial charge in [0.2, 0.25) is 0 Å². The summed E-state index contributed by atoms with van der Waals surface area (Å²) < 4.78 is 8.19. The first kappa shape index (κ1) is 14.3. The monoisotopic (exact) mass is 452 g/mol. The molecule has 0 aromatic carbocycles. The van der Waals surface area contributed by atoms with Crippen molar-refractivity contribution in [2.24, 2.45) is 5.41 Å². The molecule has 2 bridgehead atoms. The molecule has 3 nitrogen and oxygen atoms in total. The number of halogens is 3. The van der Waals surface area contributed by atoms with E-state index in [1.54, 1.807) is 0 Å². The molecule has 0 aliphatic carbocycles. The van der Waals surface area contributed by atoms with E-state index < -0.39 is 0 Å². The van der Waals surface area contributed by atoms with Gasteiger partial charge in [-0.25, -0.2) is 4.98 Å². The molecule has 3 aliphatic heterocycles. The summed E-state index contributed by atoms with van der Waals surface area (Å²) in [6.07, 6.45) is 3.84. The second-order valence-corrected chi connectivity index (χ2v) is 7.33. The molecule has 0 amide bonds. The third kappa shape index (κ3) is 2.19. The standard InChI is InChI=1S/C13H14Br2N2O.BrH/c14-8-5-11(15)16-9-6-13-2-4-17(7-13)3-1-10(13)18-12(8)9;/h5,10H,1-4,6-7H2;1H/t10?,13-;/m1./s1. The molecule has 19 heavy (non-hydrogen) atoms. The zero-order chi connectivity index (χ0) is 12.3. The summed E-state index contributed by atoms with van der Waals surface area (Å²) in [7, 11) is 0. The van der Waals surface area contributed by atoms with E-state index in [0.717, 1.165) is 33.4 Å². The van der Waals surface area contributed by atoms with Crippen LogP contribution in [0, 0.1) is 5.41 Å². The van der Waals surface area contributed by atoms with Crippen molar-refractivity contribution in [1.29, 1.82) is 0 Å². The highest BCUT2D eigenvalue weighted by Crippen LogP contribution is 2.49. The summed E-state index contributed by atoms with van der Waals surface area (Å²) >= 11 is 7.07. The number of pyridine rings is 1. The number of hydrogen-bond acceptors (Lipinski definition) is 3. The lowest BCUT2D eigenvalue weighted by Crippen LogP contribution is -2.51. The van der Waals surface area contributed by atoms with Crippen LogP contribution in [0.1, 0.15) is 18.5 Å². The fraction of sp³-hybridized carbons (Fsp3) is 0.615. The van der Waals surface area contributed by atoms with E-state index in [9.17, 15) is 0 Å². The van der Waals surface area contributed by atoms with Gasteiger partial charge in [-0.3, -0.25) is 0 Å². The second kappa shape index (κ2) is 4.97. The van der Waals surface area contributed by atoms with Crippen molar-refractivity contribution in [3.63, 3.8) is 0 Å². The molecule has 1 spiro atoms. The molecule has 0 saturated carbocycles. The average Bonchev–Trinajstić information content (AvgIpc) is 2.64. The van der Waals surface area contributed by atoms with E-state index in [0.29, 0.717) is 11.5 Å². The number of ether oxygens (including phenoxy) is 1. The average molecular weight is 455 g/mol. The summed E-state index contributed by atoms with van der Waals surface area (Å²) in [6.45, 7) is 3.59. The highest BCUT2D eigenvalue weighted by Gasteiger charge is 2.52. The van der Waals surface area contributed by atoms with Gasteiger partial charge in [-0.15, -0.1) is 17.0 Å². The zero-order valence-corrected chi connectivity index (χ0v) is 15.2. The Labute approximate surface area is 140 Å². The molecule has 3 aliphatic rings. The number of hydrogen-bond donors (Lipinski definition) is 0. The van der Waals surface area contributed by atoms with Crippen molar-refractivity contribution in [2.45, 2.75) is 25.4 Å². The van der Waals surface area contributed by atoms with Gasteiger partial charge in [0.05, 0.1) is 10.2 Å². The first-order valence-electron chi connectivity index (χ1n) is 6.40. The van der Waals surface area contributed by atoms with Crippen molar-refractivity contribution in [3.8, 4) is 5.75 Å². The van der Waals surface area contributed by atoms with Gasteiger partial charge in [-0.2, -0.15) is 0 Å². The first-order chi connectivity index (χ1) is 8.66. The minimum absolute atomic E-state index is 0. The maximum Gasteiger partial charge on any atom is 0.155 e. The van der Waals surface area contributed by atoms with Gasteiger partial charge in [0.15, 0.2) is 5.75 Å². The van der Waals surface area contributed by atoms with Crippen molar-refractivity contribution in [3.05, 3.63) is 20.8 Å². The van der Waals surface area contributed by atoms with Crippen molar-refractivity contribution in [2.75, 3.05) is 19.6 Å². The van der Waals surface area contributed by atoms with E-state index in [2.05, 4.69) is 41.7 Å². The Bertz CT molecular complexity index is 525. The second-order valence-electron chi connectivity index (χ2n) is 5.66. The lowest BCUT2D eigenvalue weighted by molar-refractivity contribution is -0.00259. The van der Waals surface area contributed by atoms with Crippen molar-refractivity contribution < 1.29 is 4.74 Å². The number of nitrogens with zero attached hydrogens (tertiary/aromatic N) is 2. The molecule has 4 heterocycles. The smallest absolute Gasteiger partial charge is 0.155 e.